The van der Waals surface area contributed by atoms with Crippen molar-refractivity contribution in [1.29, 1.82) is 0 Å². The Balaban J connectivity index is 1.45. The third-order valence-corrected chi connectivity index (χ3v) is 5.72. The summed E-state index contributed by atoms with van der Waals surface area (Å²) in [5.41, 5.74) is 2.50. The van der Waals surface area contributed by atoms with Gasteiger partial charge in [0.05, 0.1) is 22.3 Å². The summed E-state index contributed by atoms with van der Waals surface area (Å²) in [4.78, 5) is 44.9. The normalized spacial score (nSPS) is 13.3. The van der Waals surface area contributed by atoms with Crippen LogP contribution >= 0.6 is 0 Å². The fourth-order valence-electron chi connectivity index (χ4n) is 4.20. The van der Waals surface area contributed by atoms with E-state index >= 15 is 0 Å². The van der Waals surface area contributed by atoms with Gasteiger partial charge in [-0.1, -0.05) is 62.4 Å². The molecule has 0 atom stereocenters. The summed E-state index contributed by atoms with van der Waals surface area (Å²) in [6.45, 7) is 3.51. The van der Waals surface area contributed by atoms with E-state index in [9.17, 15) is 14.4 Å². The van der Waals surface area contributed by atoms with Crippen molar-refractivity contribution in [1.82, 2.24) is 9.88 Å². The zero-order chi connectivity index (χ0) is 22.4. The topological polar surface area (TPSA) is 79.4 Å². The van der Waals surface area contributed by atoms with Crippen LogP contribution in [-0.4, -0.2) is 34.2 Å². The lowest BCUT2D eigenvalue weighted by Gasteiger charge is -2.14. The van der Waals surface area contributed by atoms with Crippen LogP contribution in [0.3, 0.4) is 0 Å². The monoisotopic (exact) mass is 423 g/mol. The number of nitrogens with zero attached hydrogens (tertiary/aromatic N) is 2. The Kier molecular flexibility index (Phi) is 4.70. The number of rotatable bonds is 4. The molecule has 0 spiro atoms. The molecule has 0 bridgehead atoms. The molecule has 0 saturated carbocycles. The van der Waals surface area contributed by atoms with Gasteiger partial charge in [-0.15, -0.1) is 0 Å². The largest absolute Gasteiger partial charge is 0.325 e. The molecule has 5 rings (SSSR count). The number of hydrogen-bond acceptors (Lipinski definition) is 4. The average molecular weight is 423 g/mol. The van der Waals surface area contributed by atoms with E-state index in [1.54, 1.807) is 12.1 Å². The standard InChI is InChI=1S/C26H21N3O3/c1-15(2)24-23-22(19-9-5-6-10-20(19)28-24)25(31)29(26(23)32)14-21(30)27-18-12-11-16-7-3-4-8-17(16)13-18/h3-13,15H,14H2,1-2H3,(H,27,30). The van der Waals surface area contributed by atoms with Gasteiger partial charge in [0.15, 0.2) is 0 Å². The molecule has 1 aromatic heterocycles. The van der Waals surface area contributed by atoms with E-state index in [1.165, 1.54) is 0 Å². The molecule has 6 heteroatoms. The SMILES string of the molecule is CC(C)c1nc2ccccc2c2c1C(=O)N(CC(=O)Nc1ccc3ccccc3c1)C2=O. The lowest BCUT2D eigenvalue weighted by molar-refractivity contribution is -0.116. The van der Waals surface area contributed by atoms with Crippen molar-refractivity contribution in [3.05, 3.63) is 83.6 Å². The minimum Gasteiger partial charge on any atom is -0.325 e. The maximum Gasteiger partial charge on any atom is 0.263 e. The molecule has 0 unspecified atom stereocenters. The van der Waals surface area contributed by atoms with Gasteiger partial charge in [-0.05, 0) is 34.9 Å². The summed E-state index contributed by atoms with van der Waals surface area (Å²) < 4.78 is 0. The number of benzene rings is 3. The Morgan fingerprint density at radius 3 is 2.38 bits per heavy atom. The fraction of sp³-hybridized carbons (Fsp3) is 0.154. The lowest BCUT2D eigenvalue weighted by Crippen LogP contribution is -2.37. The van der Waals surface area contributed by atoms with Crippen molar-refractivity contribution in [3.8, 4) is 0 Å². The van der Waals surface area contributed by atoms with Crippen LogP contribution in [0, 0.1) is 0 Å². The Morgan fingerprint density at radius 2 is 1.59 bits per heavy atom. The summed E-state index contributed by atoms with van der Waals surface area (Å²) >= 11 is 0. The highest BCUT2D eigenvalue weighted by Gasteiger charge is 2.41. The molecule has 0 fully saturated rings. The Hall–Kier alpha value is -4.06. The number of amides is 3. The molecule has 158 valence electrons. The van der Waals surface area contributed by atoms with Crippen molar-refractivity contribution in [2.45, 2.75) is 19.8 Å². The first-order valence-corrected chi connectivity index (χ1v) is 10.5. The average Bonchev–Trinajstić information content (AvgIpc) is 3.03. The van der Waals surface area contributed by atoms with Crippen LogP contribution in [0.5, 0.6) is 0 Å². The van der Waals surface area contributed by atoms with E-state index < -0.39 is 17.7 Å². The number of fused-ring (bicyclic) bond motifs is 4. The maximum absolute atomic E-state index is 13.3. The maximum atomic E-state index is 13.3. The Labute approximate surface area is 184 Å². The molecule has 0 saturated heterocycles. The molecule has 4 aromatic rings. The van der Waals surface area contributed by atoms with E-state index in [1.807, 2.05) is 68.4 Å². The quantitative estimate of drug-likeness (QED) is 0.481. The molecule has 1 aliphatic rings. The molecule has 0 radical (unpaired) electrons. The number of hydrogen-bond donors (Lipinski definition) is 1. The number of pyridine rings is 1. The molecular formula is C26H21N3O3. The molecule has 6 nitrogen and oxygen atoms in total. The second kappa shape index (κ2) is 7.57. The molecule has 1 aliphatic heterocycles. The van der Waals surface area contributed by atoms with E-state index in [-0.39, 0.29) is 12.5 Å². The van der Waals surface area contributed by atoms with Crippen molar-refractivity contribution >= 4 is 45.1 Å². The van der Waals surface area contributed by atoms with Crippen LogP contribution in [0.15, 0.2) is 66.7 Å². The second-order valence-corrected chi connectivity index (χ2v) is 8.23. The van der Waals surface area contributed by atoms with Gasteiger partial charge in [0.1, 0.15) is 6.54 Å². The minimum absolute atomic E-state index is 0.0449. The van der Waals surface area contributed by atoms with E-state index in [0.29, 0.717) is 33.4 Å². The summed E-state index contributed by atoms with van der Waals surface area (Å²) in [6.07, 6.45) is 0. The van der Waals surface area contributed by atoms with E-state index in [0.717, 1.165) is 15.7 Å². The van der Waals surface area contributed by atoms with E-state index in [2.05, 4.69) is 10.3 Å². The third kappa shape index (κ3) is 3.21. The molecule has 3 aromatic carbocycles. The number of nitrogens with one attached hydrogen (secondary N) is 1. The van der Waals surface area contributed by atoms with Crippen LogP contribution < -0.4 is 5.32 Å². The van der Waals surface area contributed by atoms with Crippen LogP contribution in [-0.2, 0) is 4.79 Å². The minimum atomic E-state index is -0.472. The van der Waals surface area contributed by atoms with Crippen LogP contribution in [0.1, 0.15) is 46.2 Å². The van der Waals surface area contributed by atoms with Crippen molar-refractivity contribution in [3.63, 3.8) is 0 Å². The van der Waals surface area contributed by atoms with Gasteiger partial charge >= 0.3 is 0 Å². The number of carbonyl (C=O) groups excluding carboxylic acids is 3. The van der Waals surface area contributed by atoms with Gasteiger partial charge < -0.3 is 5.32 Å². The van der Waals surface area contributed by atoms with Gasteiger partial charge in [0, 0.05) is 11.1 Å². The molecule has 1 N–H and O–H groups in total. The first-order chi connectivity index (χ1) is 15.4. The number of para-hydroxylation sites is 1. The summed E-state index contributed by atoms with van der Waals surface area (Å²) in [5.74, 6) is -1.41. The molecule has 3 amide bonds. The number of carbonyl (C=O) groups is 3. The smallest absolute Gasteiger partial charge is 0.263 e. The van der Waals surface area contributed by atoms with Crippen LogP contribution in [0.25, 0.3) is 21.7 Å². The van der Waals surface area contributed by atoms with Crippen molar-refractivity contribution in [2.75, 3.05) is 11.9 Å². The van der Waals surface area contributed by atoms with Gasteiger partial charge in [0.2, 0.25) is 5.91 Å². The highest BCUT2D eigenvalue weighted by molar-refractivity contribution is 6.27. The lowest BCUT2D eigenvalue weighted by atomic mass is 9.97. The summed E-state index contributed by atoms with van der Waals surface area (Å²) in [7, 11) is 0. The first-order valence-electron chi connectivity index (χ1n) is 10.5. The zero-order valence-corrected chi connectivity index (χ0v) is 17.8. The predicted octanol–water partition coefficient (Wildman–Crippen LogP) is 4.75. The Morgan fingerprint density at radius 1 is 0.906 bits per heavy atom. The van der Waals surface area contributed by atoms with E-state index in [4.69, 9.17) is 0 Å². The van der Waals surface area contributed by atoms with Crippen molar-refractivity contribution in [2.24, 2.45) is 0 Å². The van der Waals surface area contributed by atoms with Gasteiger partial charge in [-0.2, -0.15) is 0 Å². The number of aromatic nitrogens is 1. The summed E-state index contributed by atoms with van der Waals surface area (Å²) in [5, 5.41) is 5.48. The predicted molar refractivity (Wildman–Crippen MR) is 124 cm³/mol. The van der Waals surface area contributed by atoms with Crippen LogP contribution in [0.2, 0.25) is 0 Å². The first kappa shape index (κ1) is 19.9. The number of anilines is 1. The third-order valence-electron chi connectivity index (χ3n) is 5.72. The van der Waals surface area contributed by atoms with Gasteiger partial charge in [0.25, 0.3) is 11.8 Å². The fourth-order valence-corrected chi connectivity index (χ4v) is 4.20. The molecule has 0 aliphatic carbocycles. The highest BCUT2D eigenvalue weighted by Crippen LogP contribution is 2.34. The molecular weight excluding hydrogens is 402 g/mol. The number of imide groups is 1. The molecule has 2 heterocycles. The van der Waals surface area contributed by atoms with Crippen LogP contribution in [0.4, 0.5) is 5.69 Å². The highest BCUT2D eigenvalue weighted by atomic mass is 16.2. The van der Waals surface area contributed by atoms with Crippen molar-refractivity contribution < 1.29 is 14.4 Å². The van der Waals surface area contributed by atoms with Gasteiger partial charge in [-0.25, -0.2) is 0 Å². The second-order valence-electron chi connectivity index (χ2n) is 8.23. The van der Waals surface area contributed by atoms with Gasteiger partial charge in [-0.3, -0.25) is 24.3 Å². The zero-order valence-electron chi connectivity index (χ0n) is 17.8. The molecule has 32 heavy (non-hydrogen) atoms. The Bertz CT molecular complexity index is 1420. The summed E-state index contributed by atoms with van der Waals surface area (Å²) in [6, 6.07) is 20.7.